The molecular formula is C19H28N4O6. The molecule has 4 amide bonds. The summed E-state index contributed by atoms with van der Waals surface area (Å²) in [6, 6.07) is -1.18. The van der Waals surface area contributed by atoms with Gasteiger partial charge in [0.25, 0.3) is 0 Å². The Bertz CT molecular complexity index is 661. The summed E-state index contributed by atoms with van der Waals surface area (Å²) >= 11 is 0. The average Bonchev–Trinajstić information content (AvgIpc) is 2.68. The van der Waals surface area contributed by atoms with Crippen LogP contribution in [0.15, 0.2) is 24.8 Å². The SMILES string of the molecule is C=CC(=O)NCCCCC1NC(=O)C(CCCCNC(=O)/C=C/C(=O)O)NC1=O. The lowest BCUT2D eigenvalue weighted by Gasteiger charge is -2.29. The number of nitrogens with one attached hydrogen (secondary N) is 4. The molecular weight excluding hydrogens is 380 g/mol. The van der Waals surface area contributed by atoms with E-state index in [-0.39, 0.29) is 17.7 Å². The first-order chi connectivity index (χ1) is 13.8. The lowest BCUT2D eigenvalue weighted by molar-refractivity contribution is -0.137. The number of hydrogen-bond acceptors (Lipinski definition) is 5. The summed E-state index contributed by atoms with van der Waals surface area (Å²) in [5.74, 6) is -2.40. The van der Waals surface area contributed by atoms with Gasteiger partial charge in [-0.1, -0.05) is 6.58 Å². The fraction of sp³-hybridized carbons (Fsp3) is 0.526. The molecule has 0 aliphatic carbocycles. The van der Waals surface area contributed by atoms with Gasteiger partial charge >= 0.3 is 5.97 Å². The van der Waals surface area contributed by atoms with Gasteiger partial charge in [0.2, 0.25) is 23.6 Å². The Morgan fingerprint density at radius 2 is 1.34 bits per heavy atom. The smallest absolute Gasteiger partial charge is 0.328 e. The molecule has 1 aliphatic rings. The van der Waals surface area contributed by atoms with Gasteiger partial charge in [0.1, 0.15) is 12.1 Å². The second-order valence-corrected chi connectivity index (χ2v) is 6.57. The van der Waals surface area contributed by atoms with Gasteiger partial charge in [0.05, 0.1) is 0 Å². The van der Waals surface area contributed by atoms with Crippen LogP contribution in [-0.2, 0) is 24.0 Å². The first-order valence-corrected chi connectivity index (χ1v) is 9.53. The third-order valence-corrected chi connectivity index (χ3v) is 4.27. The molecule has 0 spiro atoms. The fourth-order valence-electron chi connectivity index (χ4n) is 2.73. The van der Waals surface area contributed by atoms with Crippen LogP contribution in [0, 0.1) is 0 Å². The van der Waals surface area contributed by atoms with E-state index in [4.69, 9.17) is 5.11 Å². The van der Waals surface area contributed by atoms with Crippen LogP contribution in [0.3, 0.4) is 0 Å². The zero-order chi connectivity index (χ0) is 21.6. The normalized spacial score (nSPS) is 18.6. The predicted octanol–water partition coefficient (Wildman–Crippen LogP) is -0.631. The molecule has 0 saturated carbocycles. The number of rotatable bonds is 13. The molecule has 1 saturated heterocycles. The van der Waals surface area contributed by atoms with Crippen molar-refractivity contribution >= 4 is 29.6 Å². The van der Waals surface area contributed by atoms with Crippen LogP contribution in [0.4, 0.5) is 0 Å². The van der Waals surface area contributed by atoms with E-state index >= 15 is 0 Å². The predicted molar refractivity (Wildman–Crippen MR) is 105 cm³/mol. The van der Waals surface area contributed by atoms with Gasteiger partial charge in [-0.25, -0.2) is 4.79 Å². The van der Waals surface area contributed by atoms with Gasteiger partial charge in [-0.3, -0.25) is 19.2 Å². The lowest BCUT2D eigenvalue weighted by atomic mass is 10.0. The van der Waals surface area contributed by atoms with Gasteiger partial charge < -0.3 is 26.4 Å². The molecule has 160 valence electrons. The molecule has 29 heavy (non-hydrogen) atoms. The zero-order valence-electron chi connectivity index (χ0n) is 16.2. The molecule has 0 bridgehead atoms. The van der Waals surface area contributed by atoms with Crippen LogP contribution in [0.5, 0.6) is 0 Å². The quantitative estimate of drug-likeness (QED) is 0.202. The van der Waals surface area contributed by atoms with E-state index in [1.54, 1.807) is 0 Å². The summed E-state index contributed by atoms with van der Waals surface area (Å²) in [6.45, 7) is 4.19. The molecule has 1 aliphatic heterocycles. The minimum absolute atomic E-state index is 0.225. The summed E-state index contributed by atoms with van der Waals surface area (Å²) in [7, 11) is 0. The van der Waals surface area contributed by atoms with Gasteiger partial charge in [-0.2, -0.15) is 0 Å². The molecule has 0 aromatic heterocycles. The summed E-state index contributed by atoms with van der Waals surface area (Å²) in [5.41, 5.74) is 0. The molecule has 1 fully saturated rings. The Morgan fingerprint density at radius 1 is 0.862 bits per heavy atom. The molecule has 0 aromatic rings. The fourth-order valence-corrected chi connectivity index (χ4v) is 2.73. The van der Waals surface area contributed by atoms with Crippen molar-refractivity contribution in [3.05, 3.63) is 24.8 Å². The lowest BCUT2D eigenvalue weighted by Crippen LogP contribution is -2.61. The number of carboxylic acids is 1. The van der Waals surface area contributed by atoms with Crippen molar-refractivity contribution < 1.29 is 29.1 Å². The van der Waals surface area contributed by atoms with E-state index < -0.39 is 24.0 Å². The number of aliphatic carboxylic acids is 1. The van der Waals surface area contributed by atoms with Crippen molar-refractivity contribution in [2.75, 3.05) is 13.1 Å². The number of piperazine rings is 1. The topological polar surface area (TPSA) is 154 Å². The number of carboxylic acid groups (broad SMARTS) is 1. The Balaban J connectivity index is 2.20. The molecule has 1 rings (SSSR count). The summed E-state index contributed by atoms with van der Waals surface area (Å²) in [4.78, 5) is 57.0. The van der Waals surface area contributed by atoms with Crippen molar-refractivity contribution in [3.63, 3.8) is 0 Å². The van der Waals surface area contributed by atoms with Gasteiger partial charge in [0, 0.05) is 25.2 Å². The van der Waals surface area contributed by atoms with Crippen LogP contribution in [0.25, 0.3) is 0 Å². The van der Waals surface area contributed by atoms with Crippen molar-refractivity contribution in [2.24, 2.45) is 0 Å². The maximum atomic E-state index is 12.2. The van der Waals surface area contributed by atoms with E-state index in [9.17, 15) is 24.0 Å². The molecule has 2 unspecified atom stereocenters. The van der Waals surface area contributed by atoms with E-state index in [0.717, 1.165) is 12.2 Å². The highest BCUT2D eigenvalue weighted by molar-refractivity contribution is 5.97. The molecule has 10 nitrogen and oxygen atoms in total. The largest absolute Gasteiger partial charge is 0.478 e. The van der Waals surface area contributed by atoms with Gasteiger partial charge in [0.15, 0.2) is 0 Å². The zero-order valence-corrected chi connectivity index (χ0v) is 16.2. The van der Waals surface area contributed by atoms with Gasteiger partial charge in [-0.05, 0) is 44.6 Å². The van der Waals surface area contributed by atoms with Crippen LogP contribution < -0.4 is 21.3 Å². The first kappa shape index (κ1) is 23.9. The third kappa shape index (κ3) is 10.1. The second-order valence-electron chi connectivity index (χ2n) is 6.57. The number of hydrogen-bond donors (Lipinski definition) is 5. The maximum Gasteiger partial charge on any atom is 0.328 e. The monoisotopic (exact) mass is 408 g/mol. The second kappa shape index (κ2) is 13.1. The highest BCUT2D eigenvalue weighted by atomic mass is 16.4. The summed E-state index contributed by atoms with van der Waals surface area (Å²) < 4.78 is 0. The summed E-state index contributed by atoms with van der Waals surface area (Å²) in [5, 5.41) is 19.1. The number of carbonyl (C=O) groups is 5. The number of carbonyl (C=O) groups excluding carboxylic acids is 4. The van der Waals surface area contributed by atoms with E-state index in [2.05, 4.69) is 27.8 Å². The Kier molecular flexibility index (Phi) is 10.8. The highest BCUT2D eigenvalue weighted by Crippen LogP contribution is 2.10. The van der Waals surface area contributed by atoms with Crippen LogP contribution in [0.1, 0.15) is 38.5 Å². The first-order valence-electron chi connectivity index (χ1n) is 9.53. The molecule has 2 atom stereocenters. The van der Waals surface area contributed by atoms with E-state index in [1.165, 1.54) is 6.08 Å². The third-order valence-electron chi connectivity index (χ3n) is 4.27. The number of unbranched alkanes of at least 4 members (excludes halogenated alkanes) is 2. The molecule has 0 radical (unpaired) electrons. The molecule has 10 heteroatoms. The van der Waals surface area contributed by atoms with Gasteiger partial charge in [-0.15, -0.1) is 0 Å². The molecule has 1 heterocycles. The Hall–Kier alpha value is -3.17. The highest BCUT2D eigenvalue weighted by Gasteiger charge is 2.32. The van der Waals surface area contributed by atoms with Crippen LogP contribution >= 0.6 is 0 Å². The van der Waals surface area contributed by atoms with E-state index in [0.29, 0.717) is 51.6 Å². The summed E-state index contributed by atoms with van der Waals surface area (Å²) in [6.07, 6.45) is 6.38. The minimum atomic E-state index is -1.20. The van der Waals surface area contributed by atoms with Crippen molar-refractivity contribution in [2.45, 2.75) is 50.6 Å². The number of amides is 4. The standard InChI is InChI=1S/C19H28N4O6/c1-2-15(24)20-11-5-3-7-13-18(28)23-14(19(29)22-13)8-4-6-12-21-16(25)9-10-17(26)27/h2,9-10,13-14H,1,3-8,11-12H2,(H,20,24)(H,21,25)(H,22,29)(H,23,28)(H,26,27)/b10-9+. The molecule has 5 N–H and O–H groups in total. The minimum Gasteiger partial charge on any atom is -0.478 e. The maximum absolute atomic E-state index is 12.2. The van der Waals surface area contributed by atoms with Crippen molar-refractivity contribution in [1.29, 1.82) is 0 Å². The van der Waals surface area contributed by atoms with Crippen LogP contribution in [-0.4, -0.2) is 59.9 Å². The van der Waals surface area contributed by atoms with Crippen LogP contribution in [0.2, 0.25) is 0 Å². The Labute approximate surface area is 169 Å². The molecule has 0 aromatic carbocycles. The average molecular weight is 408 g/mol. The van der Waals surface area contributed by atoms with E-state index in [1.807, 2.05) is 0 Å². The van der Waals surface area contributed by atoms with Crippen molar-refractivity contribution in [1.82, 2.24) is 21.3 Å². The Morgan fingerprint density at radius 3 is 1.79 bits per heavy atom. The van der Waals surface area contributed by atoms with Crippen molar-refractivity contribution in [3.8, 4) is 0 Å².